The first kappa shape index (κ1) is 20.7. The van der Waals surface area contributed by atoms with Crippen molar-refractivity contribution in [3.63, 3.8) is 0 Å². The van der Waals surface area contributed by atoms with E-state index >= 15 is 0 Å². The van der Waals surface area contributed by atoms with Crippen molar-refractivity contribution in [2.24, 2.45) is 5.41 Å². The minimum atomic E-state index is -4.54. The standard InChI is InChI=1S/C17H22F3NO4S/c1-3-9-16(10-4-2)14(11-25-15(16)22)21-26(23,24)13-7-5-12(6-8-13)17(18,19)20/h5-8,14,21H,3-4,9-11H2,1-2H3. The Morgan fingerprint density at radius 3 is 2.15 bits per heavy atom. The van der Waals surface area contributed by atoms with E-state index < -0.39 is 39.2 Å². The van der Waals surface area contributed by atoms with Crippen molar-refractivity contribution in [3.8, 4) is 0 Å². The molecule has 0 aliphatic carbocycles. The van der Waals surface area contributed by atoms with Crippen molar-refractivity contribution in [3.05, 3.63) is 29.8 Å². The molecular weight excluding hydrogens is 371 g/mol. The Hall–Kier alpha value is -1.61. The fraction of sp³-hybridized carbons (Fsp3) is 0.588. The van der Waals surface area contributed by atoms with E-state index in [1.807, 2.05) is 13.8 Å². The number of rotatable bonds is 7. The van der Waals surface area contributed by atoms with E-state index in [9.17, 15) is 26.4 Å². The maximum absolute atomic E-state index is 12.6. The summed E-state index contributed by atoms with van der Waals surface area (Å²) in [5.74, 6) is -0.429. The third-order valence-corrected chi connectivity index (χ3v) is 6.12. The first-order valence-corrected chi connectivity index (χ1v) is 9.92. The van der Waals surface area contributed by atoms with Crippen LogP contribution in [0.4, 0.5) is 13.2 Å². The molecule has 0 amide bonds. The molecule has 1 aromatic rings. The van der Waals surface area contributed by atoms with Crippen LogP contribution >= 0.6 is 0 Å². The molecule has 0 spiro atoms. The normalized spacial score (nSPS) is 20.2. The summed E-state index contributed by atoms with van der Waals surface area (Å²) >= 11 is 0. The van der Waals surface area contributed by atoms with Gasteiger partial charge in [-0.25, -0.2) is 13.1 Å². The van der Waals surface area contributed by atoms with Crippen LogP contribution in [0.25, 0.3) is 0 Å². The van der Waals surface area contributed by atoms with Gasteiger partial charge >= 0.3 is 12.1 Å². The van der Waals surface area contributed by atoms with Gasteiger partial charge in [0.15, 0.2) is 0 Å². The number of carbonyl (C=O) groups is 1. The summed E-state index contributed by atoms with van der Waals surface area (Å²) in [5.41, 5.74) is -1.87. The molecule has 0 bridgehead atoms. The second-order valence-corrected chi connectivity index (χ2v) is 8.16. The average molecular weight is 393 g/mol. The van der Waals surface area contributed by atoms with E-state index in [2.05, 4.69) is 4.72 Å². The zero-order chi connectivity index (χ0) is 19.6. The van der Waals surface area contributed by atoms with E-state index in [0.717, 1.165) is 24.3 Å². The summed E-state index contributed by atoms with van der Waals surface area (Å²) in [5, 5.41) is 0. The van der Waals surface area contributed by atoms with E-state index in [4.69, 9.17) is 4.74 Å². The second kappa shape index (κ2) is 7.56. The molecule has 1 unspecified atom stereocenters. The Morgan fingerprint density at radius 2 is 1.69 bits per heavy atom. The first-order valence-electron chi connectivity index (χ1n) is 8.43. The first-order chi connectivity index (χ1) is 12.1. The number of hydrogen-bond acceptors (Lipinski definition) is 4. The third kappa shape index (κ3) is 4.03. The molecule has 1 fully saturated rings. The predicted molar refractivity (Wildman–Crippen MR) is 88.8 cm³/mol. The fourth-order valence-corrected chi connectivity index (χ4v) is 4.70. The number of hydrogen-bond donors (Lipinski definition) is 1. The Bertz CT molecular complexity index is 738. The molecular formula is C17H22F3NO4S. The summed E-state index contributed by atoms with van der Waals surface area (Å²) in [7, 11) is -4.09. The van der Waals surface area contributed by atoms with E-state index in [-0.39, 0.29) is 11.5 Å². The zero-order valence-electron chi connectivity index (χ0n) is 14.6. The summed E-state index contributed by atoms with van der Waals surface area (Å²) < 4.78 is 70.7. The summed E-state index contributed by atoms with van der Waals surface area (Å²) in [6.07, 6.45) is -2.25. The van der Waals surface area contributed by atoms with Crippen LogP contribution in [0.5, 0.6) is 0 Å². The molecule has 1 aliphatic heterocycles. The highest BCUT2D eigenvalue weighted by Gasteiger charge is 2.52. The van der Waals surface area contributed by atoms with Gasteiger partial charge < -0.3 is 4.74 Å². The maximum atomic E-state index is 12.6. The van der Waals surface area contributed by atoms with Gasteiger partial charge in [-0.15, -0.1) is 0 Å². The largest absolute Gasteiger partial charge is 0.463 e. The topological polar surface area (TPSA) is 72.5 Å². The fourth-order valence-electron chi connectivity index (χ4n) is 3.40. The minimum absolute atomic E-state index is 0.0846. The SMILES string of the molecule is CCCC1(CCC)C(=O)OCC1NS(=O)(=O)c1ccc(C(F)(F)F)cc1. The Balaban J connectivity index is 2.28. The number of ether oxygens (including phenoxy) is 1. The van der Waals surface area contributed by atoms with Crippen LogP contribution < -0.4 is 4.72 Å². The van der Waals surface area contributed by atoms with E-state index in [1.54, 1.807) is 0 Å². The van der Waals surface area contributed by atoms with Crippen LogP contribution in [0, 0.1) is 5.41 Å². The third-order valence-electron chi connectivity index (χ3n) is 4.64. The Kier molecular flexibility index (Phi) is 6.02. The van der Waals surface area contributed by atoms with Crippen molar-refractivity contribution >= 4 is 16.0 Å². The summed E-state index contributed by atoms with van der Waals surface area (Å²) in [6, 6.07) is 2.50. The monoisotopic (exact) mass is 393 g/mol. The van der Waals surface area contributed by atoms with Crippen molar-refractivity contribution in [2.75, 3.05) is 6.61 Å². The number of sulfonamides is 1. The van der Waals surface area contributed by atoms with E-state index in [0.29, 0.717) is 25.7 Å². The molecule has 1 atom stereocenters. The molecule has 0 radical (unpaired) electrons. The van der Waals surface area contributed by atoms with Crippen molar-refractivity contribution in [2.45, 2.75) is 56.6 Å². The maximum Gasteiger partial charge on any atom is 0.416 e. The van der Waals surface area contributed by atoms with Gasteiger partial charge in [0.1, 0.15) is 6.61 Å². The van der Waals surface area contributed by atoms with Gasteiger partial charge in [0.05, 0.1) is 21.9 Å². The second-order valence-electron chi connectivity index (χ2n) is 6.45. The van der Waals surface area contributed by atoms with Crippen LogP contribution in [-0.2, 0) is 25.7 Å². The number of esters is 1. The molecule has 9 heteroatoms. The van der Waals surface area contributed by atoms with Crippen LogP contribution in [0.1, 0.15) is 45.1 Å². The summed E-state index contributed by atoms with van der Waals surface area (Å²) in [4.78, 5) is 12.0. The lowest BCUT2D eigenvalue weighted by molar-refractivity contribution is -0.147. The van der Waals surface area contributed by atoms with Crippen LogP contribution in [0.2, 0.25) is 0 Å². The number of nitrogens with one attached hydrogen (secondary N) is 1. The summed E-state index contributed by atoms with van der Waals surface area (Å²) in [6.45, 7) is 3.70. The molecule has 146 valence electrons. The quantitative estimate of drug-likeness (QED) is 0.720. The molecule has 0 saturated carbocycles. The van der Waals surface area contributed by atoms with Gasteiger partial charge in [0.2, 0.25) is 10.0 Å². The van der Waals surface area contributed by atoms with Gasteiger partial charge in [-0.05, 0) is 37.1 Å². The lowest BCUT2D eigenvalue weighted by Gasteiger charge is -2.30. The van der Waals surface area contributed by atoms with Gasteiger partial charge in [-0.2, -0.15) is 13.2 Å². The highest BCUT2D eigenvalue weighted by atomic mass is 32.2. The van der Waals surface area contributed by atoms with Gasteiger partial charge in [0.25, 0.3) is 0 Å². The Morgan fingerprint density at radius 1 is 1.15 bits per heavy atom. The van der Waals surface area contributed by atoms with Crippen LogP contribution in [-0.4, -0.2) is 27.0 Å². The highest BCUT2D eigenvalue weighted by Crippen LogP contribution is 2.40. The van der Waals surface area contributed by atoms with Crippen LogP contribution in [0.15, 0.2) is 29.2 Å². The molecule has 1 saturated heterocycles. The number of benzene rings is 1. The molecule has 2 rings (SSSR count). The lowest BCUT2D eigenvalue weighted by Crippen LogP contribution is -2.48. The van der Waals surface area contributed by atoms with E-state index in [1.165, 1.54) is 0 Å². The lowest BCUT2D eigenvalue weighted by atomic mass is 9.75. The van der Waals surface area contributed by atoms with Gasteiger partial charge in [-0.3, -0.25) is 4.79 Å². The van der Waals surface area contributed by atoms with Crippen molar-refractivity contribution < 1.29 is 31.1 Å². The molecule has 1 N–H and O–H groups in total. The molecule has 1 heterocycles. The number of halogens is 3. The number of cyclic esters (lactones) is 1. The average Bonchev–Trinajstić information content (AvgIpc) is 2.84. The molecule has 1 aliphatic rings. The highest BCUT2D eigenvalue weighted by molar-refractivity contribution is 7.89. The van der Waals surface area contributed by atoms with Gasteiger partial charge in [0, 0.05) is 0 Å². The van der Waals surface area contributed by atoms with Crippen molar-refractivity contribution in [1.82, 2.24) is 4.72 Å². The number of alkyl halides is 3. The minimum Gasteiger partial charge on any atom is -0.463 e. The Labute approximate surface area is 151 Å². The molecule has 0 aromatic heterocycles. The number of carbonyl (C=O) groups excluding carboxylic acids is 1. The molecule has 1 aromatic carbocycles. The molecule has 5 nitrogen and oxygen atoms in total. The van der Waals surface area contributed by atoms with Crippen molar-refractivity contribution in [1.29, 1.82) is 0 Å². The zero-order valence-corrected chi connectivity index (χ0v) is 15.4. The predicted octanol–water partition coefficient (Wildman–Crippen LogP) is 3.50. The van der Waals surface area contributed by atoms with Crippen LogP contribution in [0.3, 0.4) is 0 Å². The van der Waals surface area contributed by atoms with Gasteiger partial charge in [-0.1, -0.05) is 26.7 Å². The smallest absolute Gasteiger partial charge is 0.416 e. The molecule has 26 heavy (non-hydrogen) atoms.